The monoisotopic (exact) mass is 493 g/mol. The highest BCUT2D eigenvalue weighted by atomic mass is 79.9. The summed E-state index contributed by atoms with van der Waals surface area (Å²) in [6.07, 6.45) is 0.478. The number of benzene rings is 1. The van der Waals surface area contributed by atoms with E-state index in [1.165, 1.54) is 0 Å². The Bertz CT molecular complexity index is 960. The number of rotatable bonds is 2. The van der Waals surface area contributed by atoms with Crippen LogP contribution in [0, 0.1) is 0 Å². The Morgan fingerprint density at radius 3 is 2.87 bits per heavy atom. The van der Waals surface area contributed by atoms with Gasteiger partial charge in [0.05, 0.1) is 16.9 Å². The predicted molar refractivity (Wildman–Crippen MR) is 122 cm³/mol. The fraction of sp³-hybridized carbons (Fsp3) is 0.571. The van der Waals surface area contributed by atoms with Gasteiger partial charge in [-0.25, -0.2) is 10.2 Å². The molecule has 2 atom stereocenters. The minimum atomic E-state index is -0.526. The summed E-state index contributed by atoms with van der Waals surface area (Å²) in [6, 6.07) is 3.47. The van der Waals surface area contributed by atoms with Crippen LogP contribution in [-0.2, 0) is 9.53 Å². The van der Waals surface area contributed by atoms with E-state index in [9.17, 15) is 9.59 Å². The van der Waals surface area contributed by atoms with Crippen LogP contribution in [0.4, 0.5) is 16.2 Å². The smallest absolute Gasteiger partial charge is 0.410 e. The Balaban J connectivity index is 1.56. The van der Waals surface area contributed by atoms with Gasteiger partial charge in [-0.15, -0.1) is 0 Å². The van der Waals surface area contributed by atoms with E-state index in [1.807, 2.05) is 44.7 Å². The molecule has 0 bridgehead atoms. The fourth-order valence-electron chi connectivity index (χ4n) is 4.01. The Kier molecular flexibility index (Phi) is 5.31. The normalized spacial score (nSPS) is 25.2. The third-order valence-electron chi connectivity index (χ3n) is 5.57. The van der Waals surface area contributed by atoms with Gasteiger partial charge in [-0.1, -0.05) is 0 Å². The van der Waals surface area contributed by atoms with Crippen LogP contribution in [0.2, 0.25) is 0 Å². The van der Waals surface area contributed by atoms with Crippen molar-refractivity contribution in [1.29, 1.82) is 0 Å². The average molecular weight is 494 g/mol. The topological polar surface area (TPSA) is 95.5 Å². The van der Waals surface area contributed by atoms with E-state index in [0.717, 1.165) is 22.3 Å². The van der Waals surface area contributed by atoms with Gasteiger partial charge in [0.25, 0.3) is 5.91 Å². The lowest BCUT2D eigenvalue weighted by atomic mass is 10.0. The molecule has 3 aliphatic rings. The third-order valence-corrected chi connectivity index (χ3v) is 6.22. The number of hydrogen-bond donors (Lipinski definition) is 2. The van der Waals surface area contributed by atoms with Crippen LogP contribution in [0.1, 0.15) is 41.0 Å². The van der Waals surface area contributed by atoms with Crippen molar-refractivity contribution in [1.82, 2.24) is 10.3 Å². The molecular weight excluding hydrogens is 466 g/mol. The molecule has 3 aliphatic heterocycles. The zero-order valence-corrected chi connectivity index (χ0v) is 20.0. The van der Waals surface area contributed by atoms with Gasteiger partial charge in [0, 0.05) is 17.6 Å². The molecule has 1 saturated heterocycles. The first-order chi connectivity index (χ1) is 14.5. The number of hydrogen-bond acceptors (Lipinski definition) is 7. The number of anilines is 2. The SMILES string of the molecule is CC1C(=O)NN=C2COc3cc(Br)c(N[C@@]4(C)CCN(C(=O)OC(C)(C)C)C4)cc3N21. The summed E-state index contributed by atoms with van der Waals surface area (Å²) < 4.78 is 12.2. The number of fused-ring (bicyclic) bond motifs is 3. The summed E-state index contributed by atoms with van der Waals surface area (Å²) >= 11 is 3.63. The lowest BCUT2D eigenvalue weighted by Crippen LogP contribution is -2.55. The molecule has 4 rings (SSSR count). The molecule has 31 heavy (non-hydrogen) atoms. The van der Waals surface area contributed by atoms with Gasteiger partial charge in [-0.3, -0.25) is 4.79 Å². The zero-order valence-electron chi connectivity index (χ0n) is 18.4. The van der Waals surface area contributed by atoms with E-state index < -0.39 is 11.6 Å². The number of likely N-dealkylation sites (tertiary alicyclic amines) is 1. The molecule has 0 radical (unpaired) electrons. The number of hydrazone groups is 1. The van der Waals surface area contributed by atoms with Crippen molar-refractivity contribution in [2.24, 2.45) is 5.10 Å². The molecule has 0 aromatic heterocycles. The second-order valence-corrected chi connectivity index (χ2v) is 10.3. The van der Waals surface area contributed by atoms with Crippen molar-refractivity contribution >= 4 is 45.1 Å². The number of carbonyl (C=O) groups is 2. The summed E-state index contributed by atoms with van der Waals surface area (Å²) in [5.74, 6) is 1.19. The van der Waals surface area contributed by atoms with Crippen LogP contribution >= 0.6 is 15.9 Å². The van der Waals surface area contributed by atoms with Gasteiger partial charge in [0.15, 0.2) is 5.84 Å². The summed E-state index contributed by atoms with van der Waals surface area (Å²) in [6.45, 7) is 11.0. The van der Waals surface area contributed by atoms with Gasteiger partial charge < -0.3 is 24.6 Å². The Morgan fingerprint density at radius 1 is 1.42 bits per heavy atom. The van der Waals surface area contributed by atoms with Gasteiger partial charge in [-0.2, -0.15) is 5.10 Å². The van der Waals surface area contributed by atoms with Gasteiger partial charge >= 0.3 is 6.09 Å². The largest absolute Gasteiger partial charge is 0.483 e. The maximum absolute atomic E-state index is 12.5. The Hall–Kier alpha value is -2.49. The Morgan fingerprint density at radius 2 is 2.16 bits per heavy atom. The predicted octanol–water partition coefficient (Wildman–Crippen LogP) is 3.29. The first-order valence-electron chi connectivity index (χ1n) is 10.3. The average Bonchev–Trinajstić information content (AvgIpc) is 3.06. The van der Waals surface area contributed by atoms with Gasteiger partial charge in [0.2, 0.25) is 0 Å². The van der Waals surface area contributed by atoms with Crippen LogP contribution in [0.15, 0.2) is 21.7 Å². The minimum absolute atomic E-state index is 0.162. The van der Waals surface area contributed by atoms with Crippen molar-refractivity contribution in [3.8, 4) is 5.75 Å². The molecule has 1 unspecified atom stereocenters. The molecule has 0 saturated carbocycles. The van der Waals surface area contributed by atoms with Crippen LogP contribution < -0.4 is 20.4 Å². The highest BCUT2D eigenvalue weighted by Gasteiger charge is 2.39. The third kappa shape index (κ3) is 4.30. The molecule has 2 amide bonds. The molecule has 1 aromatic rings. The van der Waals surface area contributed by atoms with E-state index in [4.69, 9.17) is 9.47 Å². The summed E-state index contributed by atoms with van der Waals surface area (Å²) in [4.78, 5) is 28.3. The quantitative estimate of drug-likeness (QED) is 0.656. The number of amides is 2. The van der Waals surface area contributed by atoms with Crippen molar-refractivity contribution in [2.75, 3.05) is 29.9 Å². The molecule has 9 nitrogen and oxygen atoms in total. The number of halogens is 1. The number of carbonyl (C=O) groups excluding carboxylic acids is 2. The van der Waals surface area contributed by atoms with Crippen molar-refractivity contribution in [3.05, 3.63) is 16.6 Å². The fourth-order valence-corrected chi connectivity index (χ4v) is 4.43. The lowest BCUT2D eigenvalue weighted by Gasteiger charge is -2.38. The van der Waals surface area contributed by atoms with E-state index in [1.54, 1.807) is 4.90 Å². The van der Waals surface area contributed by atoms with Crippen molar-refractivity contribution in [2.45, 2.75) is 58.2 Å². The number of amidine groups is 1. The molecule has 1 fully saturated rings. The Labute approximate surface area is 190 Å². The van der Waals surface area contributed by atoms with E-state index in [0.29, 0.717) is 31.3 Å². The van der Waals surface area contributed by atoms with Crippen LogP contribution in [0.5, 0.6) is 5.75 Å². The maximum atomic E-state index is 12.5. The number of ether oxygens (including phenoxy) is 2. The zero-order chi connectivity index (χ0) is 22.6. The lowest BCUT2D eigenvalue weighted by molar-refractivity contribution is -0.122. The first kappa shape index (κ1) is 21.7. The second-order valence-electron chi connectivity index (χ2n) is 9.48. The van der Waals surface area contributed by atoms with Crippen LogP contribution in [0.25, 0.3) is 0 Å². The van der Waals surface area contributed by atoms with Crippen molar-refractivity contribution < 1.29 is 19.1 Å². The van der Waals surface area contributed by atoms with E-state index in [2.05, 4.69) is 38.7 Å². The standard InChI is InChI=1S/C21H28BrN5O4/c1-12-18(28)25-24-17-10-30-16-8-13(22)14(9-15(16)27(12)17)23-21(5)6-7-26(11-21)19(29)31-20(2,3)4/h8-9,12,23H,6-7,10-11H2,1-5H3,(H,25,28)/t12?,21-/m0/s1. The highest BCUT2D eigenvalue weighted by Crippen LogP contribution is 2.42. The molecule has 168 valence electrons. The number of nitrogens with zero attached hydrogens (tertiary/aromatic N) is 3. The number of nitrogens with one attached hydrogen (secondary N) is 2. The van der Waals surface area contributed by atoms with Gasteiger partial charge in [-0.05, 0) is 69.1 Å². The summed E-state index contributed by atoms with van der Waals surface area (Å²) in [7, 11) is 0. The van der Waals surface area contributed by atoms with Crippen molar-refractivity contribution in [3.63, 3.8) is 0 Å². The molecule has 2 N–H and O–H groups in total. The molecule has 3 heterocycles. The molecule has 10 heteroatoms. The molecule has 1 aromatic carbocycles. The van der Waals surface area contributed by atoms with E-state index in [-0.39, 0.29) is 17.5 Å². The minimum Gasteiger partial charge on any atom is -0.483 e. The highest BCUT2D eigenvalue weighted by molar-refractivity contribution is 9.10. The first-order valence-corrected chi connectivity index (χ1v) is 11.1. The maximum Gasteiger partial charge on any atom is 0.410 e. The molecular formula is C21H28BrN5O4. The molecule has 0 aliphatic carbocycles. The van der Waals surface area contributed by atoms with Gasteiger partial charge in [0.1, 0.15) is 24.0 Å². The second kappa shape index (κ2) is 7.58. The van der Waals surface area contributed by atoms with Crippen LogP contribution in [-0.4, -0.2) is 59.6 Å². The van der Waals surface area contributed by atoms with Crippen LogP contribution in [0.3, 0.4) is 0 Å². The summed E-state index contributed by atoms with van der Waals surface area (Å²) in [5, 5.41) is 7.72. The molecule has 0 spiro atoms. The summed E-state index contributed by atoms with van der Waals surface area (Å²) in [5.41, 5.74) is 3.32. The van der Waals surface area contributed by atoms with E-state index >= 15 is 0 Å².